The Morgan fingerprint density at radius 2 is 1.88 bits per heavy atom. The van der Waals surface area contributed by atoms with E-state index in [-0.39, 0.29) is 12.3 Å². The zero-order valence-electron chi connectivity index (χ0n) is 14.4. The standard InChI is InChI=1S/C19H19ClN4OS/c1-24-17(12-21-18(25)11-15-8-5-9-16(20)10-15)22-23-19(24)26-13-14-6-3-2-4-7-14/h2-10H,11-13H2,1H3,(H,21,25). The Kier molecular flexibility index (Phi) is 6.30. The van der Waals surface area contributed by atoms with Crippen LogP contribution in [0.25, 0.3) is 0 Å². The molecule has 0 radical (unpaired) electrons. The van der Waals surface area contributed by atoms with E-state index in [2.05, 4.69) is 27.6 Å². The molecule has 1 N–H and O–H groups in total. The number of carbonyl (C=O) groups excluding carboxylic acids is 1. The first-order valence-electron chi connectivity index (χ1n) is 8.18. The summed E-state index contributed by atoms with van der Waals surface area (Å²) in [6, 6.07) is 17.5. The second-order valence-corrected chi connectivity index (χ2v) is 7.19. The van der Waals surface area contributed by atoms with E-state index in [0.29, 0.717) is 11.6 Å². The Balaban J connectivity index is 1.52. The third-order valence-electron chi connectivity index (χ3n) is 3.83. The van der Waals surface area contributed by atoms with Gasteiger partial charge in [0.2, 0.25) is 5.91 Å². The minimum absolute atomic E-state index is 0.0752. The number of aromatic nitrogens is 3. The lowest BCUT2D eigenvalue weighted by atomic mass is 10.1. The zero-order chi connectivity index (χ0) is 18.4. The number of carbonyl (C=O) groups is 1. The molecule has 26 heavy (non-hydrogen) atoms. The molecule has 0 unspecified atom stereocenters. The van der Waals surface area contributed by atoms with Gasteiger partial charge in [-0.15, -0.1) is 10.2 Å². The highest BCUT2D eigenvalue weighted by atomic mass is 35.5. The van der Waals surface area contributed by atoms with Gasteiger partial charge in [0.25, 0.3) is 0 Å². The van der Waals surface area contributed by atoms with Crippen molar-refractivity contribution in [3.8, 4) is 0 Å². The number of halogens is 1. The van der Waals surface area contributed by atoms with Crippen LogP contribution in [0.2, 0.25) is 5.02 Å². The van der Waals surface area contributed by atoms with Crippen molar-refractivity contribution in [1.29, 1.82) is 0 Å². The lowest BCUT2D eigenvalue weighted by Gasteiger charge is -2.06. The van der Waals surface area contributed by atoms with Gasteiger partial charge in [-0.05, 0) is 23.3 Å². The summed E-state index contributed by atoms with van der Waals surface area (Å²) in [6.07, 6.45) is 0.286. The molecule has 134 valence electrons. The van der Waals surface area contributed by atoms with E-state index < -0.39 is 0 Å². The summed E-state index contributed by atoms with van der Waals surface area (Å²) in [5.74, 6) is 1.47. The number of benzene rings is 2. The highest BCUT2D eigenvalue weighted by molar-refractivity contribution is 7.98. The number of nitrogens with one attached hydrogen (secondary N) is 1. The molecule has 3 rings (SSSR count). The van der Waals surface area contributed by atoms with E-state index in [0.717, 1.165) is 22.3 Å². The number of amides is 1. The largest absolute Gasteiger partial charge is 0.349 e. The summed E-state index contributed by atoms with van der Waals surface area (Å²) < 4.78 is 1.91. The Morgan fingerprint density at radius 1 is 1.12 bits per heavy atom. The summed E-state index contributed by atoms with van der Waals surface area (Å²) >= 11 is 7.56. The average Bonchev–Trinajstić information content (AvgIpc) is 2.99. The Hall–Kier alpha value is -2.31. The van der Waals surface area contributed by atoms with Crippen LogP contribution in [-0.4, -0.2) is 20.7 Å². The van der Waals surface area contributed by atoms with Crippen molar-refractivity contribution in [1.82, 2.24) is 20.1 Å². The summed E-state index contributed by atoms with van der Waals surface area (Å²) in [4.78, 5) is 12.1. The highest BCUT2D eigenvalue weighted by Crippen LogP contribution is 2.20. The van der Waals surface area contributed by atoms with E-state index in [4.69, 9.17) is 11.6 Å². The monoisotopic (exact) mass is 386 g/mol. The number of hydrogen-bond acceptors (Lipinski definition) is 4. The van der Waals surface area contributed by atoms with Crippen LogP contribution in [0, 0.1) is 0 Å². The van der Waals surface area contributed by atoms with E-state index in [9.17, 15) is 4.79 Å². The van der Waals surface area contributed by atoms with Crippen molar-refractivity contribution >= 4 is 29.3 Å². The molecule has 0 fully saturated rings. The van der Waals surface area contributed by atoms with Crippen molar-refractivity contribution in [3.63, 3.8) is 0 Å². The van der Waals surface area contributed by atoms with Crippen molar-refractivity contribution in [2.45, 2.75) is 23.9 Å². The van der Waals surface area contributed by atoms with Crippen LogP contribution in [0.4, 0.5) is 0 Å². The number of nitrogens with zero attached hydrogens (tertiary/aromatic N) is 3. The lowest BCUT2D eigenvalue weighted by molar-refractivity contribution is -0.120. The molecule has 0 spiro atoms. The molecule has 1 aromatic heterocycles. The SMILES string of the molecule is Cn1c(CNC(=O)Cc2cccc(Cl)c2)nnc1SCc1ccccc1. The van der Waals surface area contributed by atoms with Crippen molar-refractivity contribution < 1.29 is 4.79 Å². The van der Waals surface area contributed by atoms with Crippen molar-refractivity contribution in [2.75, 3.05) is 0 Å². The van der Waals surface area contributed by atoms with Gasteiger partial charge in [0.15, 0.2) is 11.0 Å². The van der Waals surface area contributed by atoms with Crippen LogP contribution >= 0.6 is 23.4 Å². The minimum atomic E-state index is -0.0752. The fourth-order valence-corrected chi connectivity index (χ4v) is 3.52. The van der Waals surface area contributed by atoms with Crippen LogP contribution in [0.15, 0.2) is 59.8 Å². The second-order valence-electron chi connectivity index (χ2n) is 5.82. The van der Waals surface area contributed by atoms with Crippen LogP contribution in [0.3, 0.4) is 0 Å². The van der Waals surface area contributed by atoms with Crippen LogP contribution < -0.4 is 5.32 Å². The molecule has 5 nitrogen and oxygen atoms in total. The van der Waals surface area contributed by atoms with Gasteiger partial charge in [0, 0.05) is 17.8 Å². The summed E-state index contributed by atoms with van der Waals surface area (Å²) in [5, 5.41) is 12.7. The van der Waals surface area contributed by atoms with Gasteiger partial charge in [-0.1, -0.05) is 65.8 Å². The third-order valence-corrected chi connectivity index (χ3v) is 5.16. The molecule has 0 aliphatic heterocycles. The fraction of sp³-hybridized carbons (Fsp3) is 0.211. The van der Waals surface area contributed by atoms with Crippen LogP contribution in [-0.2, 0) is 30.6 Å². The summed E-state index contributed by atoms with van der Waals surface area (Å²) in [5.41, 5.74) is 2.11. The summed E-state index contributed by atoms with van der Waals surface area (Å²) in [7, 11) is 1.91. The van der Waals surface area contributed by atoms with E-state index in [1.807, 2.05) is 41.9 Å². The van der Waals surface area contributed by atoms with E-state index >= 15 is 0 Å². The normalized spacial score (nSPS) is 10.7. The number of rotatable bonds is 7. The maximum Gasteiger partial charge on any atom is 0.224 e. The Labute approximate surface area is 161 Å². The van der Waals surface area contributed by atoms with Crippen molar-refractivity contribution in [3.05, 3.63) is 76.6 Å². The van der Waals surface area contributed by atoms with Gasteiger partial charge in [-0.2, -0.15) is 0 Å². The summed E-state index contributed by atoms with van der Waals surface area (Å²) in [6.45, 7) is 0.342. The first kappa shape index (κ1) is 18.5. The first-order valence-corrected chi connectivity index (χ1v) is 9.54. The fourth-order valence-electron chi connectivity index (χ4n) is 2.42. The smallest absolute Gasteiger partial charge is 0.224 e. The zero-order valence-corrected chi connectivity index (χ0v) is 15.9. The Morgan fingerprint density at radius 3 is 2.65 bits per heavy atom. The van der Waals surface area contributed by atoms with Gasteiger partial charge in [-0.3, -0.25) is 4.79 Å². The molecule has 2 aromatic carbocycles. The first-order chi connectivity index (χ1) is 12.6. The highest BCUT2D eigenvalue weighted by Gasteiger charge is 2.11. The molecule has 3 aromatic rings. The average molecular weight is 387 g/mol. The molecule has 1 amide bonds. The van der Waals surface area contributed by atoms with Crippen LogP contribution in [0.5, 0.6) is 0 Å². The van der Waals surface area contributed by atoms with Gasteiger partial charge < -0.3 is 9.88 Å². The molecule has 1 heterocycles. The maximum absolute atomic E-state index is 12.1. The number of thioether (sulfide) groups is 1. The predicted octanol–water partition coefficient (Wildman–Crippen LogP) is 3.62. The van der Waals surface area contributed by atoms with E-state index in [1.165, 1.54) is 5.56 Å². The molecular formula is C19H19ClN4OS. The molecule has 0 bridgehead atoms. The lowest BCUT2D eigenvalue weighted by Crippen LogP contribution is -2.26. The predicted molar refractivity (Wildman–Crippen MR) is 104 cm³/mol. The van der Waals surface area contributed by atoms with Crippen molar-refractivity contribution in [2.24, 2.45) is 7.05 Å². The molecule has 0 aliphatic carbocycles. The molecule has 7 heteroatoms. The van der Waals surface area contributed by atoms with Gasteiger partial charge in [0.1, 0.15) is 0 Å². The molecule has 0 atom stereocenters. The van der Waals surface area contributed by atoms with Gasteiger partial charge in [-0.25, -0.2) is 0 Å². The van der Waals surface area contributed by atoms with Crippen LogP contribution in [0.1, 0.15) is 17.0 Å². The second kappa shape index (κ2) is 8.87. The molecule has 0 aliphatic rings. The van der Waals surface area contributed by atoms with Gasteiger partial charge in [0.05, 0.1) is 13.0 Å². The quantitative estimate of drug-likeness (QED) is 0.630. The third kappa shape index (κ3) is 5.09. The molecular weight excluding hydrogens is 368 g/mol. The van der Waals surface area contributed by atoms with E-state index in [1.54, 1.807) is 23.9 Å². The molecule has 0 saturated heterocycles. The minimum Gasteiger partial charge on any atom is -0.349 e. The number of hydrogen-bond donors (Lipinski definition) is 1. The maximum atomic E-state index is 12.1. The Bertz CT molecular complexity index is 882. The van der Waals surface area contributed by atoms with Gasteiger partial charge >= 0.3 is 0 Å². The molecule has 0 saturated carbocycles. The topological polar surface area (TPSA) is 59.8 Å².